The van der Waals surface area contributed by atoms with Gasteiger partial charge in [0.25, 0.3) is 0 Å². The van der Waals surface area contributed by atoms with Gasteiger partial charge < -0.3 is 19.9 Å². The Morgan fingerprint density at radius 1 is 1.04 bits per heavy atom. The summed E-state index contributed by atoms with van der Waals surface area (Å²) in [4.78, 5) is 11.9. The fraction of sp³-hybridized carbons (Fsp3) is 0.435. The van der Waals surface area contributed by atoms with Gasteiger partial charge in [0.15, 0.2) is 11.5 Å². The number of ether oxygens (including phenoxy) is 2. The van der Waals surface area contributed by atoms with E-state index in [4.69, 9.17) is 9.47 Å². The molecule has 0 radical (unpaired) electrons. The summed E-state index contributed by atoms with van der Waals surface area (Å²) in [6, 6.07) is 11.7. The van der Waals surface area contributed by atoms with E-state index < -0.39 is 5.97 Å². The van der Waals surface area contributed by atoms with E-state index in [-0.39, 0.29) is 6.04 Å². The summed E-state index contributed by atoms with van der Waals surface area (Å²) in [6.07, 6.45) is 3.73. The molecule has 2 bridgehead atoms. The first kappa shape index (κ1) is 17.4. The van der Waals surface area contributed by atoms with Crippen LogP contribution in [0.2, 0.25) is 0 Å². The number of para-hydroxylation sites is 2. The monoisotopic (exact) mass is 379 g/mol. The number of fused-ring (bicyclic) bond motifs is 7. The van der Waals surface area contributed by atoms with Crippen LogP contribution in [0.3, 0.4) is 0 Å². The van der Waals surface area contributed by atoms with Gasteiger partial charge in [-0.25, -0.2) is 4.79 Å². The third-order valence-corrected chi connectivity index (χ3v) is 7.12. The Labute approximate surface area is 164 Å². The molecule has 3 aliphatic rings. The maximum absolute atomic E-state index is 11.9. The maximum Gasteiger partial charge on any atom is 0.337 e. The normalized spacial score (nSPS) is 29.6. The predicted octanol–water partition coefficient (Wildman–Crippen LogP) is 4.70. The number of methoxy groups -OCH3 is 2. The highest BCUT2D eigenvalue weighted by Crippen LogP contribution is 2.64. The van der Waals surface area contributed by atoms with Gasteiger partial charge in [0, 0.05) is 5.56 Å². The molecule has 1 aliphatic heterocycles. The molecule has 0 unspecified atom stereocenters. The van der Waals surface area contributed by atoms with Crippen molar-refractivity contribution in [2.75, 3.05) is 19.5 Å². The van der Waals surface area contributed by atoms with E-state index in [1.165, 1.54) is 24.8 Å². The number of carboxylic acid groups (broad SMARTS) is 1. The lowest BCUT2D eigenvalue weighted by Gasteiger charge is -2.44. The van der Waals surface area contributed by atoms with E-state index in [1.807, 2.05) is 18.2 Å². The van der Waals surface area contributed by atoms with Crippen molar-refractivity contribution in [2.45, 2.75) is 31.2 Å². The molecule has 2 saturated carbocycles. The summed E-state index contributed by atoms with van der Waals surface area (Å²) in [5.41, 5.74) is 3.36. The quantitative estimate of drug-likeness (QED) is 0.806. The molecule has 5 rings (SSSR count). The Hall–Kier alpha value is -2.69. The van der Waals surface area contributed by atoms with Crippen molar-refractivity contribution in [1.29, 1.82) is 0 Å². The van der Waals surface area contributed by atoms with Gasteiger partial charge in [0.05, 0.1) is 31.5 Å². The first-order valence-corrected chi connectivity index (χ1v) is 9.97. The van der Waals surface area contributed by atoms with Crippen LogP contribution in [0.5, 0.6) is 11.5 Å². The highest BCUT2D eigenvalue weighted by atomic mass is 16.5. The molecule has 1 heterocycles. The van der Waals surface area contributed by atoms with Crippen LogP contribution in [0.4, 0.5) is 5.69 Å². The molecule has 0 spiro atoms. The molecule has 2 aliphatic carbocycles. The molecule has 2 aromatic carbocycles. The summed E-state index contributed by atoms with van der Waals surface area (Å²) in [5, 5.41) is 13.4. The zero-order valence-electron chi connectivity index (χ0n) is 16.1. The van der Waals surface area contributed by atoms with Crippen LogP contribution in [-0.2, 0) is 0 Å². The molecule has 5 nitrogen and oxygen atoms in total. The number of rotatable bonds is 4. The van der Waals surface area contributed by atoms with Gasteiger partial charge in [-0.3, -0.25) is 0 Å². The third-order valence-electron chi connectivity index (χ3n) is 7.12. The Bertz CT molecular complexity index is 940. The number of hydrogen-bond acceptors (Lipinski definition) is 4. The summed E-state index contributed by atoms with van der Waals surface area (Å²) in [5.74, 6) is 2.69. The van der Waals surface area contributed by atoms with Crippen LogP contribution in [0.25, 0.3) is 0 Å². The summed E-state index contributed by atoms with van der Waals surface area (Å²) in [7, 11) is 3.31. The van der Waals surface area contributed by atoms with Crippen molar-refractivity contribution < 1.29 is 19.4 Å². The second-order valence-corrected chi connectivity index (χ2v) is 8.22. The lowest BCUT2D eigenvalue weighted by molar-refractivity contribution is 0.0697. The van der Waals surface area contributed by atoms with E-state index in [1.54, 1.807) is 20.3 Å². The first-order valence-electron chi connectivity index (χ1n) is 9.97. The maximum atomic E-state index is 11.9. The van der Waals surface area contributed by atoms with E-state index in [0.717, 1.165) is 17.0 Å². The van der Waals surface area contributed by atoms with Crippen molar-refractivity contribution in [3.05, 3.63) is 53.1 Å². The largest absolute Gasteiger partial charge is 0.493 e. The minimum atomic E-state index is -0.887. The molecule has 2 N–H and O–H groups in total. The smallest absolute Gasteiger partial charge is 0.337 e. The average molecular weight is 379 g/mol. The number of anilines is 1. The lowest BCUT2D eigenvalue weighted by atomic mass is 9.67. The molecule has 5 atom stereocenters. The SMILES string of the molecule is COc1cccc([C@@H]2Nc3c(C(=O)O)cccc3[C@H]3[C@@H]4CC[C@@H](C4)[C@@H]32)c1OC. The van der Waals surface area contributed by atoms with Crippen molar-refractivity contribution >= 4 is 11.7 Å². The number of carboxylic acids is 1. The Balaban J connectivity index is 1.70. The predicted molar refractivity (Wildman–Crippen MR) is 106 cm³/mol. The van der Waals surface area contributed by atoms with Crippen molar-refractivity contribution in [2.24, 2.45) is 17.8 Å². The number of benzene rings is 2. The molecule has 2 aromatic rings. The molecule has 2 fully saturated rings. The van der Waals surface area contributed by atoms with E-state index in [0.29, 0.717) is 35.0 Å². The van der Waals surface area contributed by atoms with Crippen molar-refractivity contribution in [3.8, 4) is 11.5 Å². The highest BCUT2D eigenvalue weighted by Gasteiger charge is 2.54. The van der Waals surface area contributed by atoms with Gasteiger partial charge in [-0.05, 0) is 60.6 Å². The Kier molecular flexibility index (Phi) is 4.00. The Morgan fingerprint density at radius 3 is 2.54 bits per heavy atom. The van der Waals surface area contributed by atoms with Gasteiger partial charge in [0.1, 0.15) is 0 Å². The lowest BCUT2D eigenvalue weighted by Crippen LogP contribution is -2.36. The summed E-state index contributed by atoms with van der Waals surface area (Å²) in [6.45, 7) is 0. The summed E-state index contributed by atoms with van der Waals surface area (Å²) >= 11 is 0. The van der Waals surface area contributed by atoms with Crippen molar-refractivity contribution in [1.82, 2.24) is 0 Å². The van der Waals surface area contributed by atoms with E-state index >= 15 is 0 Å². The van der Waals surface area contributed by atoms with Crippen molar-refractivity contribution in [3.63, 3.8) is 0 Å². The van der Waals surface area contributed by atoms with Crippen LogP contribution in [0, 0.1) is 17.8 Å². The molecule has 0 saturated heterocycles. The van der Waals surface area contributed by atoms with Gasteiger partial charge in [-0.1, -0.05) is 24.3 Å². The molecule has 0 amide bonds. The average Bonchev–Trinajstić information content (AvgIpc) is 3.34. The molecule has 146 valence electrons. The fourth-order valence-electron chi connectivity index (χ4n) is 6.16. The van der Waals surface area contributed by atoms with Crippen LogP contribution in [-0.4, -0.2) is 25.3 Å². The summed E-state index contributed by atoms with van der Waals surface area (Å²) < 4.78 is 11.3. The fourth-order valence-corrected chi connectivity index (χ4v) is 6.16. The molecular formula is C23H25NO4. The third kappa shape index (κ3) is 2.35. The van der Waals surface area contributed by atoms with Gasteiger partial charge in [0.2, 0.25) is 0 Å². The first-order chi connectivity index (χ1) is 13.6. The second kappa shape index (κ2) is 6.43. The standard InChI is InChI=1S/C23H25NO4/c1-27-17-8-4-6-15(22(17)28-2)21-19-13-10-9-12(11-13)18(19)14-5-3-7-16(23(25)26)20(14)24-21/h3-8,12-13,18-19,21,24H,9-11H2,1-2H3,(H,25,26)/t12-,13+,18-,19+,21+/m1/s1. The zero-order valence-corrected chi connectivity index (χ0v) is 16.1. The second-order valence-electron chi connectivity index (χ2n) is 8.22. The van der Waals surface area contributed by atoms with Crippen LogP contribution >= 0.6 is 0 Å². The molecule has 28 heavy (non-hydrogen) atoms. The topological polar surface area (TPSA) is 67.8 Å². The molecule has 0 aromatic heterocycles. The molecular weight excluding hydrogens is 354 g/mol. The Morgan fingerprint density at radius 2 is 1.79 bits per heavy atom. The van der Waals surface area contributed by atoms with Gasteiger partial charge >= 0.3 is 5.97 Å². The zero-order chi connectivity index (χ0) is 19.4. The van der Waals surface area contributed by atoms with Crippen LogP contribution < -0.4 is 14.8 Å². The van der Waals surface area contributed by atoms with Crippen LogP contribution in [0.15, 0.2) is 36.4 Å². The van der Waals surface area contributed by atoms with E-state index in [2.05, 4.69) is 17.4 Å². The minimum Gasteiger partial charge on any atom is -0.493 e. The minimum absolute atomic E-state index is 0.0124. The number of hydrogen-bond donors (Lipinski definition) is 2. The van der Waals surface area contributed by atoms with E-state index in [9.17, 15) is 9.90 Å². The van der Waals surface area contributed by atoms with Gasteiger partial charge in [-0.2, -0.15) is 0 Å². The number of nitrogens with one attached hydrogen (secondary N) is 1. The highest BCUT2D eigenvalue weighted by molar-refractivity contribution is 5.95. The number of carbonyl (C=O) groups is 1. The van der Waals surface area contributed by atoms with Crippen LogP contribution in [0.1, 0.15) is 52.7 Å². The van der Waals surface area contributed by atoms with Gasteiger partial charge in [-0.15, -0.1) is 0 Å². The number of aromatic carboxylic acids is 1. The molecule has 5 heteroatoms.